The van der Waals surface area contributed by atoms with Crippen LogP contribution >= 0.6 is 0 Å². The number of carbonyl (C=O) groups is 1. The minimum absolute atomic E-state index is 0.104. The third-order valence-corrected chi connectivity index (χ3v) is 3.07. The lowest BCUT2D eigenvalue weighted by Crippen LogP contribution is -2.31. The van der Waals surface area contributed by atoms with Gasteiger partial charge in [-0.2, -0.15) is 0 Å². The highest BCUT2D eigenvalue weighted by Crippen LogP contribution is 2.34. The Bertz CT molecular complexity index is 338. The van der Waals surface area contributed by atoms with E-state index < -0.39 is 0 Å². The second-order valence-electron chi connectivity index (χ2n) is 4.06. The summed E-state index contributed by atoms with van der Waals surface area (Å²) in [5, 5.41) is 2.88. The summed E-state index contributed by atoms with van der Waals surface area (Å²) in [5.74, 6) is 0.931. The summed E-state index contributed by atoms with van der Waals surface area (Å²) in [6.45, 7) is 2.66. The molecule has 2 heteroatoms. The Morgan fingerprint density at radius 1 is 1.47 bits per heavy atom. The van der Waals surface area contributed by atoms with Crippen LogP contribution < -0.4 is 5.32 Å². The molecule has 0 bridgehead atoms. The maximum atomic E-state index is 11.8. The topological polar surface area (TPSA) is 29.1 Å². The minimum Gasteiger partial charge on any atom is -0.353 e. The third-order valence-electron chi connectivity index (χ3n) is 3.07. The van der Waals surface area contributed by atoms with E-state index in [1.807, 2.05) is 13.0 Å². The molecule has 1 amide bonds. The summed E-state index contributed by atoms with van der Waals surface area (Å²) in [6, 6.07) is 0. The van der Waals surface area contributed by atoms with E-state index in [1.165, 1.54) is 0 Å². The second-order valence-corrected chi connectivity index (χ2v) is 4.06. The van der Waals surface area contributed by atoms with Crippen molar-refractivity contribution in [1.82, 2.24) is 5.32 Å². The number of allylic oxidation sites excluding steroid dienone is 5. The molecule has 1 unspecified atom stereocenters. The van der Waals surface area contributed by atoms with Gasteiger partial charge in [-0.1, -0.05) is 30.4 Å². The zero-order valence-corrected chi connectivity index (χ0v) is 9.07. The van der Waals surface area contributed by atoms with Crippen LogP contribution in [0, 0.1) is 11.8 Å². The van der Waals surface area contributed by atoms with E-state index >= 15 is 0 Å². The first-order valence-corrected chi connectivity index (χ1v) is 5.66. The van der Waals surface area contributed by atoms with Crippen LogP contribution in [-0.4, -0.2) is 12.5 Å². The van der Waals surface area contributed by atoms with Crippen LogP contribution in [0.5, 0.6) is 0 Å². The first-order valence-electron chi connectivity index (χ1n) is 5.66. The predicted octanol–water partition coefficient (Wildman–Crippen LogP) is 2.20. The Morgan fingerprint density at radius 3 is 3.07 bits per heavy atom. The van der Waals surface area contributed by atoms with Crippen molar-refractivity contribution in [3.05, 3.63) is 36.0 Å². The number of hydrogen-bond donors (Lipinski definition) is 1. The van der Waals surface area contributed by atoms with Crippen molar-refractivity contribution in [3.63, 3.8) is 0 Å². The van der Waals surface area contributed by atoms with E-state index in [-0.39, 0.29) is 5.91 Å². The van der Waals surface area contributed by atoms with E-state index in [4.69, 9.17) is 0 Å². The number of fused-ring (bicyclic) bond motifs is 1. The number of rotatable bonds is 2. The van der Waals surface area contributed by atoms with Gasteiger partial charge in [0.15, 0.2) is 0 Å². The molecule has 0 aromatic rings. The van der Waals surface area contributed by atoms with Gasteiger partial charge in [0.25, 0.3) is 0 Å². The van der Waals surface area contributed by atoms with Crippen LogP contribution in [0.15, 0.2) is 36.0 Å². The fraction of sp³-hybridized carbons (Fsp3) is 0.462. The Labute approximate surface area is 90.7 Å². The molecule has 0 aromatic heterocycles. The fourth-order valence-corrected chi connectivity index (χ4v) is 2.34. The van der Waals surface area contributed by atoms with Crippen LogP contribution in [0.3, 0.4) is 0 Å². The van der Waals surface area contributed by atoms with Gasteiger partial charge in [0.2, 0.25) is 5.91 Å². The lowest BCUT2D eigenvalue weighted by Gasteiger charge is -2.29. The van der Waals surface area contributed by atoms with Crippen molar-refractivity contribution in [3.8, 4) is 0 Å². The number of carbonyl (C=O) groups excluding carboxylic acids is 1. The van der Waals surface area contributed by atoms with Gasteiger partial charge >= 0.3 is 0 Å². The molecule has 15 heavy (non-hydrogen) atoms. The molecule has 0 aliphatic heterocycles. The molecule has 80 valence electrons. The number of nitrogens with one attached hydrogen (secondary N) is 1. The molecule has 0 fully saturated rings. The summed E-state index contributed by atoms with van der Waals surface area (Å²) < 4.78 is 0. The Hall–Kier alpha value is -1.31. The molecule has 2 aliphatic rings. The standard InChI is InChI=1S/C13H17NO/c1-2-14-13(15)12-9-5-7-10-6-3-4-8-11(10)12/h3-4,6,8-11H,2,5,7H2,1H3,(H,14,15)/t10-,11?/m0/s1. The van der Waals surface area contributed by atoms with E-state index in [2.05, 4.69) is 29.6 Å². The predicted molar refractivity (Wildman–Crippen MR) is 61.3 cm³/mol. The largest absolute Gasteiger partial charge is 0.353 e. The summed E-state index contributed by atoms with van der Waals surface area (Å²) in [4.78, 5) is 11.8. The molecule has 2 atom stereocenters. The number of likely N-dealkylation sites (N-methyl/N-ethyl adjacent to an activating group) is 1. The average molecular weight is 203 g/mol. The molecule has 0 saturated carbocycles. The van der Waals surface area contributed by atoms with Crippen molar-refractivity contribution < 1.29 is 4.79 Å². The molecule has 2 rings (SSSR count). The van der Waals surface area contributed by atoms with Crippen LogP contribution in [-0.2, 0) is 4.79 Å². The first kappa shape index (κ1) is 10.2. The van der Waals surface area contributed by atoms with Gasteiger partial charge in [0.1, 0.15) is 0 Å². The van der Waals surface area contributed by atoms with Crippen molar-refractivity contribution in [2.45, 2.75) is 19.8 Å². The van der Waals surface area contributed by atoms with Crippen molar-refractivity contribution in [2.24, 2.45) is 11.8 Å². The first-order chi connectivity index (χ1) is 7.33. The van der Waals surface area contributed by atoms with Crippen LogP contribution in [0.2, 0.25) is 0 Å². The normalized spacial score (nSPS) is 28.2. The lowest BCUT2D eigenvalue weighted by atomic mass is 9.76. The molecule has 0 radical (unpaired) electrons. The van der Waals surface area contributed by atoms with Crippen molar-refractivity contribution in [2.75, 3.05) is 6.54 Å². The van der Waals surface area contributed by atoms with Gasteiger partial charge in [-0.25, -0.2) is 0 Å². The summed E-state index contributed by atoms with van der Waals surface area (Å²) in [6.07, 6.45) is 12.8. The summed E-state index contributed by atoms with van der Waals surface area (Å²) in [5.41, 5.74) is 0.953. The highest BCUT2D eigenvalue weighted by atomic mass is 16.1. The van der Waals surface area contributed by atoms with Gasteiger partial charge in [0.05, 0.1) is 0 Å². The van der Waals surface area contributed by atoms with E-state index in [0.717, 1.165) is 18.4 Å². The van der Waals surface area contributed by atoms with Gasteiger partial charge in [-0.05, 0) is 25.7 Å². The Balaban J connectivity index is 2.17. The molecule has 0 saturated heterocycles. The summed E-state index contributed by atoms with van der Waals surface area (Å²) in [7, 11) is 0. The van der Waals surface area contributed by atoms with Gasteiger partial charge < -0.3 is 5.32 Å². The minimum atomic E-state index is 0.104. The maximum absolute atomic E-state index is 11.8. The quantitative estimate of drug-likeness (QED) is 0.732. The molecule has 0 aromatic carbocycles. The Morgan fingerprint density at radius 2 is 2.27 bits per heavy atom. The number of amides is 1. The van der Waals surface area contributed by atoms with E-state index in [1.54, 1.807) is 0 Å². The summed E-state index contributed by atoms with van der Waals surface area (Å²) >= 11 is 0. The van der Waals surface area contributed by atoms with Crippen LogP contribution in [0.1, 0.15) is 19.8 Å². The molecular weight excluding hydrogens is 186 g/mol. The van der Waals surface area contributed by atoms with E-state index in [9.17, 15) is 4.79 Å². The van der Waals surface area contributed by atoms with Crippen molar-refractivity contribution in [1.29, 1.82) is 0 Å². The van der Waals surface area contributed by atoms with E-state index in [0.29, 0.717) is 18.4 Å². The molecule has 2 aliphatic carbocycles. The zero-order chi connectivity index (χ0) is 10.7. The van der Waals surface area contributed by atoms with Crippen LogP contribution in [0.4, 0.5) is 0 Å². The zero-order valence-electron chi connectivity index (χ0n) is 9.07. The monoisotopic (exact) mass is 203 g/mol. The molecule has 0 spiro atoms. The molecule has 0 heterocycles. The average Bonchev–Trinajstić information content (AvgIpc) is 2.28. The highest BCUT2D eigenvalue weighted by Gasteiger charge is 2.28. The molecule has 1 N–H and O–H groups in total. The Kier molecular flexibility index (Phi) is 3.05. The second kappa shape index (κ2) is 4.47. The van der Waals surface area contributed by atoms with Gasteiger partial charge in [-0.15, -0.1) is 0 Å². The SMILES string of the molecule is CCNC(=O)C1=CCC[C@@H]2C=CC=CC12. The van der Waals surface area contributed by atoms with Crippen LogP contribution in [0.25, 0.3) is 0 Å². The fourth-order valence-electron chi connectivity index (χ4n) is 2.34. The molecular formula is C13H17NO. The van der Waals surface area contributed by atoms with Gasteiger partial charge in [-0.3, -0.25) is 4.79 Å². The number of hydrogen-bond acceptors (Lipinski definition) is 1. The lowest BCUT2D eigenvalue weighted by molar-refractivity contribution is -0.118. The maximum Gasteiger partial charge on any atom is 0.247 e. The third kappa shape index (κ3) is 2.04. The smallest absolute Gasteiger partial charge is 0.247 e. The van der Waals surface area contributed by atoms with Gasteiger partial charge in [0, 0.05) is 18.0 Å². The highest BCUT2D eigenvalue weighted by molar-refractivity contribution is 5.94. The molecule has 2 nitrogen and oxygen atoms in total. The van der Waals surface area contributed by atoms with Crippen molar-refractivity contribution >= 4 is 5.91 Å².